The van der Waals surface area contributed by atoms with Gasteiger partial charge >= 0.3 is 5.97 Å². The zero-order valence-electron chi connectivity index (χ0n) is 22.5. The van der Waals surface area contributed by atoms with Gasteiger partial charge in [0.15, 0.2) is 5.96 Å². The lowest BCUT2D eigenvalue weighted by Crippen LogP contribution is -2.56. The van der Waals surface area contributed by atoms with Crippen LogP contribution in [-0.2, 0) is 30.4 Å². The molecule has 1 rings (SSSR count). The number of carbonyl (C=O) groups is 5. The molecule has 216 valence electrons. The van der Waals surface area contributed by atoms with Gasteiger partial charge in [0.25, 0.3) is 0 Å². The second-order valence-corrected chi connectivity index (χ2v) is 9.38. The van der Waals surface area contributed by atoms with Crippen molar-refractivity contribution in [2.24, 2.45) is 28.1 Å². The molecule has 0 aliphatic carbocycles. The van der Waals surface area contributed by atoms with Crippen LogP contribution in [0.3, 0.4) is 0 Å². The lowest BCUT2D eigenvalue weighted by Gasteiger charge is -2.23. The highest BCUT2D eigenvalue weighted by molar-refractivity contribution is 5.94. The molecule has 0 spiro atoms. The van der Waals surface area contributed by atoms with Crippen LogP contribution < -0.4 is 38.5 Å². The van der Waals surface area contributed by atoms with Gasteiger partial charge in [-0.2, -0.15) is 0 Å². The van der Waals surface area contributed by atoms with Gasteiger partial charge in [-0.3, -0.25) is 24.2 Å². The summed E-state index contributed by atoms with van der Waals surface area (Å²) in [5.41, 5.74) is 17.4. The van der Waals surface area contributed by atoms with Crippen LogP contribution in [0.25, 0.3) is 0 Å². The SMILES string of the molecule is CC(C)[C@H](NC(=O)[C@H](C)NC(=O)[C@H](CCCN=C(N)N)NC(=O)CNC(=O)[C@@H](N)Cc1ccccc1)C(=O)O. The van der Waals surface area contributed by atoms with Crippen LogP contribution in [0.5, 0.6) is 0 Å². The van der Waals surface area contributed by atoms with E-state index in [9.17, 15) is 29.1 Å². The van der Waals surface area contributed by atoms with Crippen LogP contribution in [0.4, 0.5) is 0 Å². The Morgan fingerprint density at radius 3 is 2.13 bits per heavy atom. The van der Waals surface area contributed by atoms with E-state index in [0.29, 0.717) is 6.42 Å². The molecule has 0 fully saturated rings. The maximum absolute atomic E-state index is 12.9. The molecule has 0 aromatic heterocycles. The first-order valence-electron chi connectivity index (χ1n) is 12.6. The molecule has 0 saturated carbocycles. The minimum Gasteiger partial charge on any atom is -0.480 e. The average Bonchev–Trinajstić information content (AvgIpc) is 2.87. The van der Waals surface area contributed by atoms with E-state index in [1.54, 1.807) is 13.8 Å². The number of amides is 4. The van der Waals surface area contributed by atoms with Gasteiger partial charge in [0, 0.05) is 6.54 Å². The molecule has 4 amide bonds. The Balaban J connectivity index is 2.75. The number of aliphatic imine (C=N–C) groups is 1. The van der Waals surface area contributed by atoms with E-state index >= 15 is 0 Å². The summed E-state index contributed by atoms with van der Waals surface area (Å²) in [4.78, 5) is 65.5. The van der Waals surface area contributed by atoms with Gasteiger partial charge < -0.3 is 43.6 Å². The highest BCUT2D eigenvalue weighted by Gasteiger charge is 2.28. The number of hydrogen-bond donors (Lipinski definition) is 8. The van der Waals surface area contributed by atoms with Gasteiger partial charge in [-0.15, -0.1) is 0 Å². The fraction of sp³-hybridized carbons (Fsp3) is 0.520. The van der Waals surface area contributed by atoms with Crippen molar-refractivity contribution in [1.82, 2.24) is 21.3 Å². The predicted molar refractivity (Wildman–Crippen MR) is 145 cm³/mol. The molecule has 0 aliphatic rings. The fourth-order valence-electron chi connectivity index (χ4n) is 3.45. The van der Waals surface area contributed by atoms with E-state index in [-0.39, 0.29) is 31.3 Å². The Morgan fingerprint density at radius 1 is 0.923 bits per heavy atom. The Labute approximate surface area is 227 Å². The molecule has 0 aliphatic heterocycles. The van der Waals surface area contributed by atoms with Crippen molar-refractivity contribution in [2.45, 2.75) is 64.2 Å². The first kappa shape index (κ1) is 32.8. The number of carboxylic acids is 1. The van der Waals surface area contributed by atoms with Gasteiger partial charge in [0.05, 0.1) is 12.6 Å². The second kappa shape index (κ2) is 16.6. The average molecular weight is 549 g/mol. The highest BCUT2D eigenvalue weighted by atomic mass is 16.4. The Kier molecular flexibility index (Phi) is 14.0. The minimum atomic E-state index is -1.20. The van der Waals surface area contributed by atoms with Crippen molar-refractivity contribution < 1.29 is 29.1 Å². The first-order chi connectivity index (χ1) is 18.3. The smallest absolute Gasteiger partial charge is 0.326 e. The van der Waals surface area contributed by atoms with Gasteiger partial charge in [-0.1, -0.05) is 44.2 Å². The van der Waals surface area contributed by atoms with E-state index in [2.05, 4.69) is 26.3 Å². The number of nitrogens with zero attached hydrogens (tertiary/aromatic N) is 1. The summed E-state index contributed by atoms with van der Waals surface area (Å²) < 4.78 is 0. The molecule has 0 unspecified atom stereocenters. The Hall–Kier alpha value is -4.20. The van der Waals surface area contributed by atoms with Gasteiger partial charge in [-0.25, -0.2) is 4.79 Å². The molecule has 14 heteroatoms. The van der Waals surface area contributed by atoms with Gasteiger partial charge in [-0.05, 0) is 37.7 Å². The quantitative estimate of drug-likeness (QED) is 0.0642. The van der Waals surface area contributed by atoms with E-state index < -0.39 is 60.3 Å². The number of nitrogens with one attached hydrogen (secondary N) is 4. The second-order valence-electron chi connectivity index (χ2n) is 9.38. The Bertz CT molecular complexity index is 1010. The minimum absolute atomic E-state index is 0.119. The lowest BCUT2D eigenvalue weighted by atomic mass is 10.0. The topological polar surface area (TPSA) is 244 Å². The van der Waals surface area contributed by atoms with E-state index in [0.717, 1.165) is 5.56 Å². The van der Waals surface area contributed by atoms with Crippen LogP contribution in [0.1, 0.15) is 39.2 Å². The predicted octanol–water partition coefficient (Wildman–Crippen LogP) is -2.06. The molecule has 0 saturated heterocycles. The molecule has 39 heavy (non-hydrogen) atoms. The van der Waals surface area contributed by atoms with Crippen LogP contribution in [0.15, 0.2) is 35.3 Å². The van der Waals surface area contributed by atoms with Crippen molar-refractivity contribution in [3.05, 3.63) is 35.9 Å². The molecule has 0 bridgehead atoms. The largest absolute Gasteiger partial charge is 0.480 e. The van der Waals surface area contributed by atoms with Crippen LogP contribution in [-0.4, -0.2) is 77.9 Å². The number of carboxylic acid groups (broad SMARTS) is 1. The monoisotopic (exact) mass is 548 g/mol. The summed E-state index contributed by atoms with van der Waals surface area (Å²) in [6.45, 7) is 4.43. The van der Waals surface area contributed by atoms with Crippen LogP contribution >= 0.6 is 0 Å². The first-order valence-corrected chi connectivity index (χ1v) is 12.6. The third-order valence-electron chi connectivity index (χ3n) is 5.64. The molecule has 1 aromatic rings. The molecule has 4 atom stereocenters. The van der Waals surface area contributed by atoms with Crippen LogP contribution in [0.2, 0.25) is 0 Å². The molecule has 0 heterocycles. The third kappa shape index (κ3) is 12.7. The molecule has 0 radical (unpaired) electrons. The fourth-order valence-corrected chi connectivity index (χ4v) is 3.45. The molecular weight excluding hydrogens is 508 g/mol. The Morgan fingerprint density at radius 2 is 1.56 bits per heavy atom. The summed E-state index contributed by atoms with van der Waals surface area (Å²) >= 11 is 0. The summed E-state index contributed by atoms with van der Waals surface area (Å²) in [5.74, 6) is -4.28. The molecule has 11 N–H and O–H groups in total. The number of nitrogens with two attached hydrogens (primary N) is 3. The summed E-state index contributed by atoms with van der Waals surface area (Å²) in [6.07, 6.45) is 0.719. The number of carbonyl (C=O) groups excluding carboxylic acids is 4. The summed E-state index contributed by atoms with van der Waals surface area (Å²) in [5, 5.41) is 19.1. The van der Waals surface area contributed by atoms with E-state index in [4.69, 9.17) is 17.2 Å². The van der Waals surface area contributed by atoms with Crippen LogP contribution in [0, 0.1) is 5.92 Å². The molecular formula is C25H40N8O6. The maximum atomic E-state index is 12.9. The molecule has 14 nitrogen and oxygen atoms in total. The normalized spacial score (nSPS) is 13.8. The van der Waals surface area contributed by atoms with Crippen molar-refractivity contribution in [2.75, 3.05) is 13.1 Å². The summed E-state index contributed by atoms with van der Waals surface area (Å²) in [6, 6.07) is 4.96. The van der Waals surface area contributed by atoms with Gasteiger partial charge in [0.2, 0.25) is 23.6 Å². The third-order valence-corrected chi connectivity index (χ3v) is 5.64. The number of guanidine groups is 1. The lowest BCUT2D eigenvalue weighted by molar-refractivity contribution is -0.143. The zero-order chi connectivity index (χ0) is 29.5. The van der Waals surface area contributed by atoms with E-state index in [1.807, 2.05) is 30.3 Å². The van der Waals surface area contributed by atoms with Crippen molar-refractivity contribution >= 4 is 35.6 Å². The van der Waals surface area contributed by atoms with Gasteiger partial charge in [0.1, 0.15) is 18.1 Å². The summed E-state index contributed by atoms with van der Waals surface area (Å²) in [7, 11) is 0. The van der Waals surface area contributed by atoms with Crippen molar-refractivity contribution in [1.29, 1.82) is 0 Å². The highest BCUT2D eigenvalue weighted by Crippen LogP contribution is 2.04. The standard InChI is InChI=1S/C25H40N8O6/c1-14(2)20(24(38)39)33-21(35)15(3)31-23(37)18(10-7-11-29-25(27)28)32-19(34)13-30-22(36)17(26)12-16-8-5-4-6-9-16/h4-6,8-9,14-15,17-18,20H,7,10-13,26H2,1-3H3,(H,30,36)(H,31,37)(H,32,34)(H,33,35)(H,38,39)(H4,27,28,29)/t15-,17-,18-,20-/m0/s1. The van der Waals surface area contributed by atoms with E-state index in [1.165, 1.54) is 6.92 Å². The van der Waals surface area contributed by atoms with Crippen molar-refractivity contribution in [3.63, 3.8) is 0 Å². The molecule has 1 aromatic carbocycles. The number of aliphatic carboxylic acids is 1. The maximum Gasteiger partial charge on any atom is 0.326 e. The number of benzene rings is 1. The van der Waals surface area contributed by atoms with Crippen molar-refractivity contribution in [3.8, 4) is 0 Å². The number of rotatable bonds is 16. The zero-order valence-corrected chi connectivity index (χ0v) is 22.5. The number of hydrogen-bond acceptors (Lipinski definition) is 7.